The molecule has 2 aliphatic rings. The minimum Gasteiger partial charge on any atom is -0.507 e. The number of carbonyl (C=O) groups excluding carboxylic acids is 3. The Labute approximate surface area is 298 Å². The Morgan fingerprint density at radius 1 is 0.980 bits per heavy atom. The molecule has 2 atom stereocenters. The summed E-state index contributed by atoms with van der Waals surface area (Å²) in [4.78, 5) is 46.6. The number of thioether (sulfide) groups is 1. The molecule has 5 rings (SSSR count). The van der Waals surface area contributed by atoms with Crippen molar-refractivity contribution in [3.05, 3.63) is 112 Å². The van der Waals surface area contributed by atoms with Gasteiger partial charge in [-0.1, -0.05) is 102 Å². The van der Waals surface area contributed by atoms with Crippen molar-refractivity contribution in [2.75, 3.05) is 19.0 Å². The average Bonchev–Trinajstić information content (AvgIpc) is 3.07. The fraction of sp³-hybridized carbons (Fsp3) is 0.400. The van der Waals surface area contributed by atoms with Crippen LogP contribution in [-0.4, -0.2) is 64.1 Å². The minimum absolute atomic E-state index is 0.0251. The maximum Gasteiger partial charge on any atom is 0.356 e. The van der Waals surface area contributed by atoms with Gasteiger partial charge in [0.05, 0.1) is 0 Å². The second kappa shape index (κ2) is 14.4. The number of hydrogen-bond acceptors (Lipinski definition) is 9. The maximum atomic E-state index is 14.3. The van der Waals surface area contributed by atoms with Gasteiger partial charge in [-0.15, -0.1) is 11.8 Å². The first-order valence-corrected chi connectivity index (χ1v) is 17.8. The van der Waals surface area contributed by atoms with E-state index in [4.69, 9.17) is 19.2 Å². The van der Waals surface area contributed by atoms with Crippen LogP contribution >= 0.6 is 11.8 Å². The van der Waals surface area contributed by atoms with Crippen molar-refractivity contribution in [2.45, 2.75) is 83.4 Å². The van der Waals surface area contributed by atoms with E-state index in [1.165, 1.54) is 23.6 Å². The highest BCUT2D eigenvalue weighted by atomic mass is 32.2. The van der Waals surface area contributed by atoms with Crippen LogP contribution in [-0.2, 0) is 39.4 Å². The van der Waals surface area contributed by atoms with E-state index in [0.717, 1.165) is 22.3 Å². The van der Waals surface area contributed by atoms with Crippen LogP contribution in [0.4, 0.5) is 0 Å². The van der Waals surface area contributed by atoms with Crippen LogP contribution < -0.4 is 0 Å². The molecule has 1 N–H and O–H groups in total. The summed E-state index contributed by atoms with van der Waals surface area (Å²) in [5.74, 6) is -1.24. The molecule has 2 heterocycles. The summed E-state index contributed by atoms with van der Waals surface area (Å²) in [5.41, 5.74) is 1.91. The van der Waals surface area contributed by atoms with Gasteiger partial charge in [0, 0.05) is 42.2 Å². The highest BCUT2D eigenvalue weighted by Crippen LogP contribution is 2.50. The second-order valence-electron chi connectivity index (χ2n) is 14.5. The number of hydrogen-bond donors (Lipinski definition) is 1. The van der Waals surface area contributed by atoms with Gasteiger partial charge >= 0.3 is 11.9 Å². The second-order valence-corrected chi connectivity index (χ2v) is 15.6. The Morgan fingerprint density at radius 3 is 2.00 bits per heavy atom. The number of nitrogens with zero attached hydrogens (tertiary/aromatic N) is 2. The highest BCUT2D eigenvalue weighted by molar-refractivity contribution is 8.00. The molecule has 0 aromatic heterocycles. The summed E-state index contributed by atoms with van der Waals surface area (Å²) in [5, 5.41) is 10.5. The molecule has 0 radical (unpaired) electrons. The molecule has 0 aliphatic carbocycles. The highest BCUT2D eigenvalue weighted by Gasteiger charge is 2.66. The molecular weight excluding hydrogens is 653 g/mol. The fourth-order valence-corrected chi connectivity index (χ4v) is 7.55. The summed E-state index contributed by atoms with van der Waals surface area (Å²) in [6.07, 6.45) is 0.863. The average molecular weight is 699 g/mol. The number of aliphatic imine (C=N–C) groups is 1. The van der Waals surface area contributed by atoms with E-state index >= 15 is 0 Å². The maximum absolute atomic E-state index is 14.3. The lowest BCUT2D eigenvalue weighted by Crippen LogP contribution is -2.74. The monoisotopic (exact) mass is 698 g/mol. The third-order valence-corrected chi connectivity index (χ3v) is 10.0. The van der Waals surface area contributed by atoms with E-state index in [0.29, 0.717) is 11.1 Å². The smallest absolute Gasteiger partial charge is 0.356 e. The van der Waals surface area contributed by atoms with Crippen molar-refractivity contribution in [2.24, 2.45) is 4.99 Å². The summed E-state index contributed by atoms with van der Waals surface area (Å²) in [6, 6.07) is 22.5. The number of esters is 2. The van der Waals surface area contributed by atoms with Gasteiger partial charge in [0.2, 0.25) is 0 Å². The number of amides is 1. The first-order valence-electron chi connectivity index (χ1n) is 16.8. The van der Waals surface area contributed by atoms with E-state index in [2.05, 4.69) is 0 Å². The van der Waals surface area contributed by atoms with Crippen molar-refractivity contribution in [3.8, 4) is 5.75 Å². The van der Waals surface area contributed by atoms with E-state index in [1.807, 2.05) is 114 Å². The van der Waals surface area contributed by atoms with Crippen LogP contribution in [0.3, 0.4) is 0 Å². The molecule has 9 nitrogen and oxygen atoms in total. The van der Waals surface area contributed by atoms with Gasteiger partial charge in [-0.25, -0.2) is 9.79 Å². The zero-order valence-electron chi connectivity index (χ0n) is 30.0. The zero-order chi connectivity index (χ0) is 36.4. The number of benzene rings is 3. The third-order valence-electron chi connectivity index (χ3n) is 8.68. The van der Waals surface area contributed by atoms with Crippen molar-refractivity contribution >= 4 is 35.8 Å². The molecule has 2 aliphatic heterocycles. The SMILES string of the molecule is CCO[C@@]1(/N=C/c2cc(C(C)(C)C)c(O)c(C(C)(C)C)c2)C(=O)N2C(C(=O)OC(c3ccccc3)c3ccccc3)=C(COC(C)=O)CS[C@@H]21. The first-order chi connectivity index (χ1) is 23.6. The minimum atomic E-state index is -1.61. The van der Waals surface area contributed by atoms with Gasteiger partial charge in [-0.2, -0.15) is 0 Å². The Hall–Kier alpha value is -4.41. The van der Waals surface area contributed by atoms with E-state index in [-0.39, 0.29) is 41.2 Å². The number of aromatic hydroxyl groups is 1. The molecule has 0 saturated carbocycles. The summed E-state index contributed by atoms with van der Waals surface area (Å²) < 4.78 is 17.7. The predicted octanol–water partition coefficient (Wildman–Crippen LogP) is 7.20. The summed E-state index contributed by atoms with van der Waals surface area (Å²) in [6.45, 7) is 15.3. The molecule has 10 heteroatoms. The van der Waals surface area contributed by atoms with Crippen LogP contribution in [0, 0.1) is 0 Å². The Bertz CT molecular complexity index is 1730. The first kappa shape index (κ1) is 36.9. The molecule has 1 amide bonds. The van der Waals surface area contributed by atoms with Crippen LogP contribution in [0.5, 0.6) is 5.75 Å². The topological polar surface area (TPSA) is 115 Å². The van der Waals surface area contributed by atoms with Crippen molar-refractivity contribution in [3.63, 3.8) is 0 Å². The van der Waals surface area contributed by atoms with Crippen molar-refractivity contribution in [1.29, 1.82) is 0 Å². The molecule has 264 valence electrons. The number of fused-ring (bicyclic) bond motifs is 1. The number of carbonyl (C=O) groups is 3. The molecule has 0 unspecified atom stereocenters. The number of phenolic OH excluding ortho intramolecular Hbond substituents is 1. The van der Waals surface area contributed by atoms with Gasteiger partial charge in [0.25, 0.3) is 11.6 Å². The van der Waals surface area contributed by atoms with E-state index in [1.54, 1.807) is 13.1 Å². The molecular formula is C40H46N2O7S. The number of ether oxygens (including phenoxy) is 3. The van der Waals surface area contributed by atoms with Gasteiger partial charge in [-0.05, 0) is 46.6 Å². The lowest BCUT2D eigenvalue weighted by atomic mass is 9.78. The van der Waals surface area contributed by atoms with Crippen LogP contribution in [0.25, 0.3) is 0 Å². The van der Waals surface area contributed by atoms with E-state index < -0.39 is 35.0 Å². The van der Waals surface area contributed by atoms with Crippen LogP contribution in [0.1, 0.15) is 89.3 Å². The Kier molecular flexibility index (Phi) is 10.6. The molecule has 50 heavy (non-hydrogen) atoms. The molecule has 3 aromatic rings. The van der Waals surface area contributed by atoms with E-state index in [9.17, 15) is 19.5 Å². The lowest BCUT2D eigenvalue weighted by Gasteiger charge is -2.54. The number of rotatable bonds is 10. The largest absolute Gasteiger partial charge is 0.507 e. The third kappa shape index (κ3) is 7.37. The van der Waals surface area contributed by atoms with Crippen molar-refractivity contribution in [1.82, 2.24) is 4.90 Å². The van der Waals surface area contributed by atoms with Crippen LogP contribution in [0.15, 0.2) is 89.1 Å². The standard InChI is InChI=1S/C40H46N2O7S/c1-9-48-40(41-22-26-20-30(38(3,4)5)33(44)31(21-26)39(6,7)8)36(46)42-32(29(23-47-25(2)43)24-50-37(40)42)35(45)49-34(27-16-12-10-13-17-27)28-18-14-11-15-19-28/h10-22,34,37,44H,9,23-24H2,1-8H3/b41-22+/t37-,40+/m1/s1. The van der Waals surface area contributed by atoms with Gasteiger partial charge in [0.15, 0.2) is 6.10 Å². The van der Waals surface area contributed by atoms with Gasteiger partial charge in [-0.3, -0.25) is 14.5 Å². The number of β-lactam (4-membered cyclic amide) rings is 1. The molecule has 3 aromatic carbocycles. The molecule has 0 bridgehead atoms. The summed E-state index contributed by atoms with van der Waals surface area (Å²) >= 11 is 1.38. The molecule has 0 spiro atoms. The van der Waals surface area contributed by atoms with Crippen LogP contribution in [0.2, 0.25) is 0 Å². The lowest BCUT2D eigenvalue weighted by molar-refractivity contribution is -0.187. The Morgan fingerprint density at radius 2 is 1.52 bits per heavy atom. The molecule has 1 saturated heterocycles. The summed E-state index contributed by atoms with van der Waals surface area (Å²) in [7, 11) is 0. The normalized spacial score (nSPS) is 19.4. The van der Waals surface area contributed by atoms with Gasteiger partial charge < -0.3 is 19.3 Å². The van der Waals surface area contributed by atoms with Crippen molar-refractivity contribution < 1.29 is 33.7 Å². The predicted molar refractivity (Wildman–Crippen MR) is 195 cm³/mol. The zero-order valence-corrected chi connectivity index (χ0v) is 30.8. The quantitative estimate of drug-likeness (QED) is 0.134. The molecule has 1 fully saturated rings. The number of phenols is 1. The fourth-order valence-electron chi connectivity index (χ4n) is 6.16. The Balaban J connectivity index is 1.54. The van der Waals surface area contributed by atoms with Gasteiger partial charge in [0.1, 0.15) is 23.4 Å².